The van der Waals surface area contributed by atoms with E-state index < -0.39 is 37.1 Å². The molecule has 342 valence electrons. The number of nitrogens with zero attached hydrogens (tertiary/aromatic N) is 6. The molecule has 4 aliphatic rings. The number of hydrogen-bond donors (Lipinski definition) is 3. The molecule has 6 heterocycles. The number of nitro groups is 1. The summed E-state index contributed by atoms with van der Waals surface area (Å²) in [5, 5.41) is 16.3. The fraction of sp³-hybridized carbons (Fsp3) is 0.413. The minimum Gasteiger partial charge on any atom is -0.474 e. The number of aromatic nitrogens is 3. The van der Waals surface area contributed by atoms with Crippen molar-refractivity contribution in [2.45, 2.75) is 56.5 Å². The average molecular weight is 928 g/mol. The van der Waals surface area contributed by atoms with Gasteiger partial charge in [0.2, 0.25) is 11.7 Å². The predicted molar refractivity (Wildman–Crippen MR) is 248 cm³/mol. The van der Waals surface area contributed by atoms with Gasteiger partial charge < -0.3 is 29.6 Å². The lowest BCUT2D eigenvalue weighted by Crippen LogP contribution is -2.47. The summed E-state index contributed by atoms with van der Waals surface area (Å²) >= 11 is 6.26. The molecule has 3 aliphatic heterocycles. The minimum atomic E-state index is -4.71. The van der Waals surface area contributed by atoms with E-state index in [1.54, 1.807) is 12.3 Å². The SMILES string of the molecule is CC1(C)CCC(CN2CCN(c3ccc(C(=O)NS(=O)(=O)c4cnc(NCC5(F)CCOCC5)c([N+](=O)[O-])c4)c(N4CCOc5nc6[nH]ccc6cc54)c3)CC2)=C(c2ccc(Cl)cc2)C1. The number of halogens is 2. The second-order valence-corrected chi connectivity index (χ2v) is 20.1. The number of aromatic amines is 1. The number of carbonyl (C=O) groups is 1. The van der Waals surface area contributed by atoms with Crippen LogP contribution in [0.1, 0.15) is 61.9 Å². The molecule has 3 aromatic heterocycles. The Morgan fingerprint density at radius 2 is 1.75 bits per heavy atom. The zero-order valence-electron chi connectivity index (χ0n) is 36.2. The Labute approximate surface area is 381 Å². The maximum absolute atomic E-state index is 15.3. The van der Waals surface area contributed by atoms with E-state index >= 15 is 4.39 Å². The normalized spacial score (nSPS) is 18.8. The third-order valence-electron chi connectivity index (χ3n) is 12.9. The number of anilines is 4. The third kappa shape index (κ3) is 9.62. The van der Waals surface area contributed by atoms with Gasteiger partial charge in [0, 0.05) is 87.1 Å². The van der Waals surface area contributed by atoms with E-state index in [1.165, 1.54) is 16.7 Å². The molecule has 16 nitrogen and oxygen atoms in total. The summed E-state index contributed by atoms with van der Waals surface area (Å²) < 4.78 is 56.3. The number of ether oxygens (including phenoxy) is 2. The fourth-order valence-electron chi connectivity index (χ4n) is 9.14. The van der Waals surface area contributed by atoms with E-state index in [0.717, 1.165) is 80.3 Å². The number of amides is 1. The first-order valence-corrected chi connectivity index (χ1v) is 23.7. The Bertz CT molecular complexity index is 2770. The van der Waals surface area contributed by atoms with Crippen molar-refractivity contribution in [1.82, 2.24) is 24.6 Å². The monoisotopic (exact) mass is 927 g/mol. The highest BCUT2D eigenvalue weighted by atomic mass is 35.5. The summed E-state index contributed by atoms with van der Waals surface area (Å²) in [5.41, 5.74) is 4.49. The van der Waals surface area contributed by atoms with E-state index in [0.29, 0.717) is 29.4 Å². The molecule has 0 saturated carbocycles. The van der Waals surface area contributed by atoms with E-state index in [-0.39, 0.29) is 56.0 Å². The van der Waals surface area contributed by atoms with Crippen LogP contribution in [-0.2, 0) is 14.8 Å². The Balaban J connectivity index is 0.976. The summed E-state index contributed by atoms with van der Waals surface area (Å²) in [6.07, 6.45) is 6.03. The van der Waals surface area contributed by atoms with Gasteiger partial charge in [0.15, 0.2) is 0 Å². The number of sulfonamides is 1. The molecule has 9 rings (SSSR count). The van der Waals surface area contributed by atoms with Crippen LogP contribution >= 0.6 is 11.6 Å². The Hall–Kier alpha value is -5.82. The molecular formula is C46H51ClFN9O7S. The van der Waals surface area contributed by atoms with Crippen molar-refractivity contribution in [2.24, 2.45) is 5.41 Å². The first-order chi connectivity index (χ1) is 31.1. The summed E-state index contributed by atoms with van der Waals surface area (Å²) in [6.45, 7) is 9.30. The molecule has 2 aromatic carbocycles. The highest BCUT2D eigenvalue weighted by molar-refractivity contribution is 7.90. The molecule has 1 amide bonds. The second kappa shape index (κ2) is 17.9. The summed E-state index contributed by atoms with van der Waals surface area (Å²) in [7, 11) is -4.71. The summed E-state index contributed by atoms with van der Waals surface area (Å²) in [5.74, 6) is -0.897. The van der Waals surface area contributed by atoms with Gasteiger partial charge in [0.1, 0.15) is 28.5 Å². The molecule has 3 N–H and O–H groups in total. The number of alkyl halides is 1. The van der Waals surface area contributed by atoms with E-state index in [2.05, 4.69) is 60.8 Å². The topological polar surface area (TPSA) is 188 Å². The van der Waals surface area contributed by atoms with Crippen molar-refractivity contribution in [3.63, 3.8) is 0 Å². The zero-order chi connectivity index (χ0) is 45.5. The van der Waals surface area contributed by atoms with Crippen LogP contribution in [0.4, 0.5) is 33.0 Å². The van der Waals surface area contributed by atoms with Crippen LogP contribution in [0, 0.1) is 15.5 Å². The standard InChI is InChI=1S/C46H51ClFN9O7S/c1-45(2)11-9-32(37(26-45)30-3-5-33(47)6-4-30)28-54-15-17-55(18-16-54)34-7-8-36(38(24-34)56-19-22-64-44-40(56)23-31-10-14-49-41(31)52-44)43(58)53-65(61,62)35-25-39(57(59)60)42(50-27-35)51-29-46(48)12-20-63-21-13-46/h3-8,10,14,23-25,27H,9,11-13,15-22,26,28-29H2,1-2H3,(H,49,52)(H,50,51)(H,53,58). The van der Waals surface area contributed by atoms with Gasteiger partial charge in [-0.25, -0.2) is 22.5 Å². The number of H-pyrrole nitrogens is 1. The molecule has 2 fully saturated rings. The summed E-state index contributed by atoms with van der Waals surface area (Å²) in [6, 6.07) is 18.0. The molecule has 0 atom stereocenters. The van der Waals surface area contributed by atoms with Crippen LogP contribution in [-0.4, -0.2) is 110 Å². The number of nitrogens with one attached hydrogen (secondary N) is 3. The largest absolute Gasteiger partial charge is 0.474 e. The van der Waals surface area contributed by atoms with E-state index in [9.17, 15) is 23.3 Å². The van der Waals surface area contributed by atoms with Gasteiger partial charge in [-0.3, -0.25) is 19.8 Å². The Morgan fingerprint density at radius 1 is 0.985 bits per heavy atom. The number of carbonyl (C=O) groups excluding carboxylic acids is 1. The first-order valence-electron chi connectivity index (χ1n) is 21.8. The molecule has 65 heavy (non-hydrogen) atoms. The maximum atomic E-state index is 15.3. The van der Waals surface area contributed by atoms with Gasteiger partial charge in [-0.15, -0.1) is 0 Å². The number of hydrogen-bond acceptors (Lipinski definition) is 13. The van der Waals surface area contributed by atoms with E-state index in [1.807, 2.05) is 41.3 Å². The molecule has 1 aliphatic carbocycles. The zero-order valence-corrected chi connectivity index (χ0v) is 37.8. The fourth-order valence-corrected chi connectivity index (χ4v) is 10.2. The molecule has 5 aromatic rings. The molecule has 0 radical (unpaired) electrons. The summed E-state index contributed by atoms with van der Waals surface area (Å²) in [4.78, 5) is 43.4. The number of piperazine rings is 1. The molecule has 0 unspecified atom stereocenters. The van der Waals surface area contributed by atoms with Gasteiger partial charge in [0.25, 0.3) is 15.9 Å². The van der Waals surface area contributed by atoms with Crippen LogP contribution in [0.25, 0.3) is 16.6 Å². The predicted octanol–water partition coefficient (Wildman–Crippen LogP) is 7.89. The first kappa shape index (κ1) is 44.4. The minimum absolute atomic E-state index is 0.0466. The number of allylic oxidation sites excluding steroid dienone is 1. The van der Waals surface area contributed by atoms with Crippen molar-refractivity contribution in [2.75, 3.05) is 80.8 Å². The van der Waals surface area contributed by atoms with Crippen molar-refractivity contribution in [3.8, 4) is 5.88 Å². The molecule has 0 bridgehead atoms. The van der Waals surface area contributed by atoms with Gasteiger partial charge in [0.05, 0.1) is 35.5 Å². The number of pyridine rings is 2. The van der Waals surface area contributed by atoms with Gasteiger partial charge >= 0.3 is 5.69 Å². The van der Waals surface area contributed by atoms with Crippen molar-refractivity contribution < 1.29 is 32.0 Å². The number of fused-ring (bicyclic) bond motifs is 2. The van der Waals surface area contributed by atoms with Gasteiger partial charge in [-0.1, -0.05) is 43.2 Å². The second-order valence-electron chi connectivity index (χ2n) is 18.0. The van der Waals surface area contributed by atoms with Gasteiger partial charge in [-0.05, 0) is 78.3 Å². The van der Waals surface area contributed by atoms with Crippen molar-refractivity contribution in [3.05, 3.63) is 105 Å². The Kier molecular flexibility index (Phi) is 12.2. The van der Waals surface area contributed by atoms with E-state index in [4.69, 9.17) is 21.1 Å². The van der Waals surface area contributed by atoms with Crippen LogP contribution in [0.5, 0.6) is 5.88 Å². The van der Waals surface area contributed by atoms with Crippen LogP contribution in [0.3, 0.4) is 0 Å². The van der Waals surface area contributed by atoms with Crippen LogP contribution < -0.4 is 24.6 Å². The highest BCUT2D eigenvalue weighted by Gasteiger charge is 2.35. The molecule has 0 spiro atoms. The highest BCUT2D eigenvalue weighted by Crippen LogP contribution is 2.44. The lowest BCUT2D eigenvalue weighted by Gasteiger charge is -2.39. The lowest BCUT2D eigenvalue weighted by molar-refractivity contribution is -0.384. The van der Waals surface area contributed by atoms with Crippen molar-refractivity contribution >= 4 is 72.7 Å². The van der Waals surface area contributed by atoms with Crippen LogP contribution in [0.15, 0.2) is 83.5 Å². The number of rotatable bonds is 12. The third-order valence-corrected chi connectivity index (χ3v) is 14.5. The maximum Gasteiger partial charge on any atom is 0.312 e. The lowest BCUT2D eigenvalue weighted by atomic mass is 9.72. The molecule has 2 saturated heterocycles. The van der Waals surface area contributed by atoms with Crippen molar-refractivity contribution in [1.29, 1.82) is 0 Å². The molecule has 19 heteroatoms. The van der Waals surface area contributed by atoms with Crippen LogP contribution in [0.2, 0.25) is 5.02 Å². The smallest absolute Gasteiger partial charge is 0.312 e. The average Bonchev–Trinajstić information content (AvgIpc) is 3.76. The Morgan fingerprint density at radius 3 is 2.51 bits per heavy atom. The molecular weight excluding hydrogens is 877 g/mol. The quantitative estimate of drug-likeness (QED) is 0.0811. The van der Waals surface area contributed by atoms with Gasteiger partial charge in [-0.2, -0.15) is 4.98 Å². The number of benzene rings is 2.